The molecule has 1 heterocycles. The van der Waals surface area contributed by atoms with Gasteiger partial charge in [0.15, 0.2) is 5.82 Å². The molecule has 0 aliphatic carbocycles. The van der Waals surface area contributed by atoms with Gasteiger partial charge in [-0.05, 0) is 37.8 Å². The molecule has 5 nitrogen and oxygen atoms in total. The Labute approximate surface area is 132 Å². The largest absolute Gasteiger partial charge is 0.356 e. The zero-order valence-corrected chi connectivity index (χ0v) is 14.1. The summed E-state index contributed by atoms with van der Waals surface area (Å²) < 4.78 is 0. The van der Waals surface area contributed by atoms with E-state index < -0.39 is 0 Å². The second kappa shape index (κ2) is 7.20. The Hall–Kier alpha value is -2.17. The van der Waals surface area contributed by atoms with Gasteiger partial charge in [0.05, 0.1) is 6.20 Å². The average molecular weight is 299 g/mol. The summed E-state index contributed by atoms with van der Waals surface area (Å²) in [4.78, 5) is 6.75. The fourth-order valence-corrected chi connectivity index (χ4v) is 2.50. The maximum absolute atomic E-state index is 4.59. The first kappa shape index (κ1) is 16.2. The van der Waals surface area contributed by atoms with Crippen molar-refractivity contribution in [1.82, 2.24) is 15.2 Å². The van der Waals surface area contributed by atoms with Crippen LogP contribution in [-0.4, -0.2) is 28.3 Å². The van der Waals surface area contributed by atoms with Crippen molar-refractivity contribution < 1.29 is 0 Å². The van der Waals surface area contributed by atoms with Gasteiger partial charge in [0.25, 0.3) is 0 Å². The fraction of sp³-hybridized carbons (Fsp3) is 0.471. The van der Waals surface area contributed by atoms with Crippen molar-refractivity contribution in [2.24, 2.45) is 0 Å². The Bertz CT molecular complexity index is 620. The predicted octanol–water partition coefficient (Wildman–Crippen LogP) is 3.89. The number of para-hydroxylation sites is 1. The van der Waals surface area contributed by atoms with E-state index in [1.807, 2.05) is 0 Å². The fourth-order valence-electron chi connectivity index (χ4n) is 2.50. The van der Waals surface area contributed by atoms with E-state index >= 15 is 0 Å². The Morgan fingerprint density at radius 3 is 2.55 bits per heavy atom. The second-order valence-electron chi connectivity index (χ2n) is 5.63. The molecule has 5 heteroatoms. The average Bonchev–Trinajstić information content (AvgIpc) is 2.51. The maximum atomic E-state index is 4.59. The molecule has 2 rings (SSSR count). The number of anilines is 3. The Kier molecular flexibility index (Phi) is 5.31. The van der Waals surface area contributed by atoms with Crippen molar-refractivity contribution in [3.05, 3.63) is 35.5 Å². The van der Waals surface area contributed by atoms with Crippen LogP contribution in [0.15, 0.2) is 24.4 Å². The van der Waals surface area contributed by atoms with Gasteiger partial charge in [-0.2, -0.15) is 10.1 Å². The highest BCUT2D eigenvalue weighted by molar-refractivity contribution is 5.64. The molecule has 22 heavy (non-hydrogen) atoms. The first-order valence-corrected chi connectivity index (χ1v) is 7.88. The van der Waals surface area contributed by atoms with Gasteiger partial charge in [0.1, 0.15) is 0 Å². The molecule has 0 spiro atoms. The van der Waals surface area contributed by atoms with Gasteiger partial charge in [-0.1, -0.05) is 32.0 Å². The summed E-state index contributed by atoms with van der Waals surface area (Å²) >= 11 is 0. The smallest absolute Gasteiger partial charge is 0.249 e. The van der Waals surface area contributed by atoms with Crippen LogP contribution in [0, 0.1) is 6.92 Å². The minimum absolute atomic E-state index is 0.432. The number of nitrogens with one attached hydrogen (secondary N) is 1. The van der Waals surface area contributed by atoms with Crippen molar-refractivity contribution >= 4 is 17.5 Å². The molecule has 118 valence electrons. The van der Waals surface area contributed by atoms with Crippen LogP contribution >= 0.6 is 0 Å². The lowest BCUT2D eigenvalue weighted by atomic mass is 9.98. The van der Waals surface area contributed by atoms with Gasteiger partial charge in [0.2, 0.25) is 5.95 Å². The van der Waals surface area contributed by atoms with E-state index in [1.165, 1.54) is 11.1 Å². The van der Waals surface area contributed by atoms with E-state index in [9.17, 15) is 0 Å². The van der Waals surface area contributed by atoms with Crippen LogP contribution in [0.1, 0.15) is 44.7 Å². The Morgan fingerprint density at radius 2 is 1.91 bits per heavy atom. The summed E-state index contributed by atoms with van der Waals surface area (Å²) in [6.45, 7) is 12.5. The van der Waals surface area contributed by atoms with Crippen molar-refractivity contribution in [2.45, 2.75) is 40.5 Å². The quantitative estimate of drug-likeness (QED) is 0.877. The standard InChI is InChI=1S/C17H25N5/c1-6-22(7-2)15-11-18-21-17(19-15)20-16-13(5)9-8-10-14(16)12(3)4/h8-12H,6-7H2,1-5H3,(H,19,20,21). The highest BCUT2D eigenvalue weighted by atomic mass is 15.3. The van der Waals surface area contributed by atoms with Crippen LogP contribution in [0.2, 0.25) is 0 Å². The summed E-state index contributed by atoms with van der Waals surface area (Å²) in [6, 6.07) is 6.32. The first-order chi connectivity index (χ1) is 10.6. The molecule has 0 radical (unpaired) electrons. The predicted molar refractivity (Wildman–Crippen MR) is 91.9 cm³/mol. The van der Waals surface area contributed by atoms with E-state index in [0.717, 1.165) is 24.6 Å². The van der Waals surface area contributed by atoms with Crippen LogP contribution in [0.25, 0.3) is 0 Å². The highest BCUT2D eigenvalue weighted by Crippen LogP contribution is 2.29. The molecule has 1 aromatic carbocycles. The van der Waals surface area contributed by atoms with E-state index in [4.69, 9.17) is 0 Å². The molecule has 0 fully saturated rings. The molecule has 1 N–H and O–H groups in total. The minimum Gasteiger partial charge on any atom is -0.356 e. The van der Waals surface area contributed by atoms with Crippen LogP contribution < -0.4 is 10.2 Å². The van der Waals surface area contributed by atoms with Crippen LogP contribution in [0.5, 0.6) is 0 Å². The highest BCUT2D eigenvalue weighted by Gasteiger charge is 2.12. The zero-order valence-electron chi connectivity index (χ0n) is 14.1. The van der Waals surface area contributed by atoms with E-state index in [0.29, 0.717) is 11.9 Å². The third-order valence-corrected chi connectivity index (χ3v) is 3.80. The number of hydrogen-bond donors (Lipinski definition) is 1. The maximum Gasteiger partial charge on any atom is 0.249 e. The van der Waals surface area contributed by atoms with Crippen molar-refractivity contribution in [3.8, 4) is 0 Å². The summed E-state index contributed by atoms with van der Waals surface area (Å²) in [6.07, 6.45) is 1.71. The minimum atomic E-state index is 0.432. The molecule has 0 saturated carbocycles. The number of benzene rings is 1. The molecular formula is C17H25N5. The number of rotatable bonds is 6. The van der Waals surface area contributed by atoms with Gasteiger partial charge in [0, 0.05) is 18.8 Å². The van der Waals surface area contributed by atoms with E-state index in [1.54, 1.807) is 6.20 Å². The van der Waals surface area contributed by atoms with Gasteiger partial charge in [-0.15, -0.1) is 5.10 Å². The van der Waals surface area contributed by atoms with Crippen LogP contribution in [-0.2, 0) is 0 Å². The van der Waals surface area contributed by atoms with Crippen molar-refractivity contribution in [1.29, 1.82) is 0 Å². The van der Waals surface area contributed by atoms with Gasteiger partial charge in [-0.25, -0.2) is 0 Å². The zero-order chi connectivity index (χ0) is 16.1. The third-order valence-electron chi connectivity index (χ3n) is 3.80. The molecule has 0 saturated heterocycles. The number of aryl methyl sites for hydroxylation is 1. The molecule has 1 aromatic heterocycles. The molecule has 0 aliphatic rings. The monoisotopic (exact) mass is 299 g/mol. The normalized spacial score (nSPS) is 10.8. The van der Waals surface area contributed by atoms with E-state index in [-0.39, 0.29) is 0 Å². The lowest BCUT2D eigenvalue weighted by Crippen LogP contribution is -2.23. The summed E-state index contributed by atoms with van der Waals surface area (Å²) in [7, 11) is 0. The van der Waals surface area contributed by atoms with E-state index in [2.05, 4.69) is 78.2 Å². The van der Waals surface area contributed by atoms with Gasteiger partial charge < -0.3 is 10.2 Å². The third kappa shape index (κ3) is 3.53. The first-order valence-electron chi connectivity index (χ1n) is 7.88. The van der Waals surface area contributed by atoms with Gasteiger partial charge >= 0.3 is 0 Å². The molecule has 2 aromatic rings. The van der Waals surface area contributed by atoms with Crippen LogP contribution in [0.4, 0.5) is 17.5 Å². The SMILES string of the molecule is CCN(CC)c1cnnc(Nc2c(C)cccc2C(C)C)n1. The Morgan fingerprint density at radius 1 is 1.18 bits per heavy atom. The molecular weight excluding hydrogens is 274 g/mol. The molecule has 0 bridgehead atoms. The molecule has 0 amide bonds. The van der Waals surface area contributed by atoms with Crippen molar-refractivity contribution in [2.75, 3.05) is 23.3 Å². The summed E-state index contributed by atoms with van der Waals surface area (Å²) in [5.41, 5.74) is 3.52. The number of aromatic nitrogens is 3. The summed E-state index contributed by atoms with van der Waals surface area (Å²) in [5, 5.41) is 11.6. The Balaban J connectivity index is 2.34. The topological polar surface area (TPSA) is 53.9 Å². The molecule has 0 unspecified atom stereocenters. The molecule has 0 aliphatic heterocycles. The molecule has 0 atom stereocenters. The number of hydrogen-bond acceptors (Lipinski definition) is 5. The lowest BCUT2D eigenvalue weighted by Gasteiger charge is -2.20. The summed E-state index contributed by atoms with van der Waals surface area (Å²) in [5.74, 6) is 1.82. The van der Waals surface area contributed by atoms with Crippen molar-refractivity contribution in [3.63, 3.8) is 0 Å². The lowest BCUT2D eigenvalue weighted by molar-refractivity contribution is 0.825. The van der Waals surface area contributed by atoms with Crippen LogP contribution in [0.3, 0.4) is 0 Å². The van der Waals surface area contributed by atoms with Gasteiger partial charge in [-0.3, -0.25) is 0 Å². The number of nitrogens with zero attached hydrogens (tertiary/aromatic N) is 4. The second-order valence-corrected chi connectivity index (χ2v) is 5.63.